The van der Waals surface area contributed by atoms with Crippen LogP contribution in [0.3, 0.4) is 0 Å². The van der Waals surface area contributed by atoms with E-state index in [0.717, 1.165) is 28.4 Å². The highest BCUT2D eigenvalue weighted by atomic mass is 35.5. The van der Waals surface area contributed by atoms with Gasteiger partial charge in [0.2, 0.25) is 0 Å². The summed E-state index contributed by atoms with van der Waals surface area (Å²) in [4.78, 5) is 11.2. The van der Waals surface area contributed by atoms with E-state index in [0.29, 0.717) is 11.3 Å². The summed E-state index contributed by atoms with van der Waals surface area (Å²) in [6.07, 6.45) is -4.61. The van der Waals surface area contributed by atoms with Crippen LogP contribution in [0.5, 0.6) is 5.75 Å². The molecule has 2 heterocycles. The molecular formula is C18H15ClF3N3O3S. The Labute approximate surface area is 172 Å². The first kappa shape index (κ1) is 21.4. The van der Waals surface area contributed by atoms with Crippen LogP contribution < -0.4 is 4.74 Å². The molecule has 0 amide bonds. The fourth-order valence-electron chi connectivity index (χ4n) is 2.38. The Hall–Kier alpha value is -2.30. The van der Waals surface area contributed by atoms with E-state index in [-0.39, 0.29) is 34.0 Å². The Morgan fingerprint density at radius 1 is 1.31 bits per heavy atom. The van der Waals surface area contributed by atoms with Gasteiger partial charge in [-0.15, -0.1) is 10.2 Å². The Balaban J connectivity index is 1.62. The number of carbonyl (C=O) groups is 1. The minimum atomic E-state index is -4.56. The molecule has 0 aliphatic rings. The van der Waals surface area contributed by atoms with E-state index in [1.165, 1.54) is 6.92 Å². The molecule has 2 aromatic heterocycles. The van der Waals surface area contributed by atoms with Crippen LogP contribution in [0.2, 0.25) is 5.02 Å². The Bertz CT molecular complexity index is 1020. The zero-order valence-electron chi connectivity index (χ0n) is 15.0. The third-order valence-corrected chi connectivity index (χ3v) is 5.23. The lowest BCUT2D eigenvalue weighted by Crippen LogP contribution is -2.20. The molecular weight excluding hydrogens is 431 g/mol. The van der Waals surface area contributed by atoms with Gasteiger partial charge < -0.3 is 9.84 Å². The summed E-state index contributed by atoms with van der Waals surface area (Å²) in [7, 11) is 0. The van der Waals surface area contributed by atoms with E-state index in [1.807, 2.05) is 0 Å². The average Bonchev–Trinajstić information content (AvgIpc) is 3.08. The van der Waals surface area contributed by atoms with Gasteiger partial charge in [-0.3, -0.25) is 9.20 Å². The molecule has 3 rings (SSSR count). The van der Waals surface area contributed by atoms with Gasteiger partial charge in [0.1, 0.15) is 12.4 Å². The second-order valence-corrected chi connectivity index (χ2v) is 7.50. The standard InChI is InChI=1S/C18H15ClF3N3O3S/c1-10(26)11-2-4-14(5-3-11)28-8-13(27)9-29-17-24-23-16-15(19)6-12(7-25(16)17)18(20,21)22/h2-7,13,27H,8-9H2,1H3/t13-/m1/s1. The number of fused-ring (bicyclic) bond motifs is 1. The van der Waals surface area contributed by atoms with Crippen molar-refractivity contribution in [2.45, 2.75) is 24.4 Å². The number of ether oxygens (including phenoxy) is 1. The van der Waals surface area contributed by atoms with E-state index in [9.17, 15) is 23.1 Å². The molecule has 0 unspecified atom stereocenters. The number of nitrogens with zero attached hydrogens (tertiary/aromatic N) is 3. The smallest absolute Gasteiger partial charge is 0.417 e. The zero-order chi connectivity index (χ0) is 21.2. The zero-order valence-corrected chi connectivity index (χ0v) is 16.6. The number of benzene rings is 1. The van der Waals surface area contributed by atoms with Gasteiger partial charge in [0.15, 0.2) is 16.6 Å². The maximum absolute atomic E-state index is 13.0. The molecule has 0 fully saturated rings. The van der Waals surface area contributed by atoms with Crippen molar-refractivity contribution in [1.82, 2.24) is 14.6 Å². The number of Topliss-reactive ketones (excluding diaryl/α,β-unsaturated/α-hetero) is 1. The number of carbonyl (C=O) groups excluding carboxylic acids is 1. The molecule has 0 aliphatic carbocycles. The lowest BCUT2D eigenvalue weighted by Gasteiger charge is -2.12. The number of aliphatic hydroxyl groups excluding tert-OH is 1. The molecule has 0 saturated heterocycles. The van der Waals surface area contributed by atoms with E-state index in [1.54, 1.807) is 24.3 Å². The minimum Gasteiger partial charge on any atom is -0.491 e. The van der Waals surface area contributed by atoms with Gasteiger partial charge in [0, 0.05) is 17.5 Å². The second-order valence-electron chi connectivity index (χ2n) is 6.11. The van der Waals surface area contributed by atoms with Gasteiger partial charge in [-0.1, -0.05) is 23.4 Å². The number of rotatable bonds is 7. The number of thioether (sulfide) groups is 1. The van der Waals surface area contributed by atoms with Crippen molar-refractivity contribution in [1.29, 1.82) is 0 Å². The quantitative estimate of drug-likeness (QED) is 0.435. The Morgan fingerprint density at radius 3 is 2.62 bits per heavy atom. The lowest BCUT2D eigenvalue weighted by molar-refractivity contribution is -0.137. The number of aromatic nitrogens is 3. The second kappa shape index (κ2) is 8.60. The normalized spacial score (nSPS) is 12.9. The molecule has 154 valence electrons. The molecule has 0 aliphatic heterocycles. The number of alkyl halides is 3. The number of ketones is 1. The van der Waals surface area contributed by atoms with Crippen molar-refractivity contribution in [3.63, 3.8) is 0 Å². The molecule has 3 aromatic rings. The summed E-state index contributed by atoms with van der Waals surface area (Å²) in [5.74, 6) is 0.524. The van der Waals surface area contributed by atoms with Crippen molar-refractivity contribution in [2.24, 2.45) is 0 Å². The van der Waals surface area contributed by atoms with E-state index < -0.39 is 17.8 Å². The van der Waals surface area contributed by atoms with Crippen LogP contribution in [0, 0.1) is 0 Å². The van der Waals surface area contributed by atoms with Gasteiger partial charge >= 0.3 is 6.18 Å². The molecule has 0 saturated carbocycles. The first-order valence-corrected chi connectivity index (χ1v) is 9.67. The molecule has 0 bridgehead atoms. The van der Waals surface area contributed by atoms with Crippen LogP contribution in [-0.2, 0) is 6.18 Å². The first-order valence-electron chi connectivity index (χ1n) is 8.31. The average molecular weight is 446 g/mol. The summed E-state index contributed by atoms with van der Waals surface area (Å²) in [5.41, 5.74) is -0.281. The van der Waals surface area contributed by atoms with Crippen LogP contribution in [0.4, 0.5) is 13.2 Å². The third-order valence-electron chi connectivity index (χ3n) is 3.86. The summed E-state index contributed by atoms with van der Waals surface area (Å²) in [6.45, 7) is 1.41. The molecule has 1 N–H and O–H groups in total. The van der Waals surface area contributed by atoms with Crippen LogP contribution in [0.15, 0.2) is 41.7 Å². The van der Waals surface area contributed by atoms with Gasteiger partial charge in [0.05, 0.1) is 16.7 Å². The lowest BCUT2D eigenvalue weighted by atomic mass is 10.1. The molecule has 6 nitrogen and oxygen atoms in total. The highest BCUT2D eigenvalue weighted by molar-refractivity contribution is 7.99. The molecule has 29 heavy (non-hydrogen) atoms. The fourth-order valence-corrected chi connectivity index (χ4v) is 3.45. The topological polar surface area (TPSA) is 76.7 Å². The monoisotopic (exact) mass is 445 g/mol. The predicted octanol–water partition coefficient (Wildman–Crippen LogP) is 4.14. The molecule has 1 atom stereocenters. The Morgan fingerprint density at radius 2 is 2.00 bits per heavy atom. The highest BCUT2D eigenvalue weighted by Gasteiger charge is 2.32. The molecule has 0 spiro atoms. The third kappa shape index (κ3) is 5.20. The maximum atomic E-state index is 13.0. The highest BCUT2D eigenvalue weighted by Crippen LogP contribution is 2.33. The summed E-state index contributed by atoms with van der Waals surface area (Å²) in [6, 6.07) is 7.25. The van der Waals surface area contributed by atoms with Crippen molar-refractivity contribution in [2.75, 3.05) is 12.4 Å². The van der Waals surface area contributed by atoms with Crippen molar-refractivity contribution >= 4 is 34.8 Å². The van der Waals surface area contributed by atoms with Crippen LogP contribution in [0.25, 0.3) is 5.65 Å². The van der Waals surface area contributed by atoms with E-state index >= 15 is 0 Å². The van der Waals surface area contributed by atoms with Crippen molar-refractivity contribution in [3.8, 4) is 5.75 Å². The molecule has 0 radical (unpaired) electrons. The van der Waals surface area contributed by atoms with Crippen LogP contribution in [0.1, 0.15) is 22.8 Å². The van der Waals surface area contributed by atoms with Gasteiger partial charge in [-0.05, 0) is 37.3 Å². The number of pyridine rings is 1. The van der Waals surface area contributed by atoms with E-state index in [4.69, 9.17) is 16.3 Å². The minimum absolute atomic E-state index is 0.0439. The molecule has 11 heteroatoms. The van der Waals surface area contributed by atoms with Crippen molar-refractivity contribution < 1.29 is 27.8 Å². The maximum Gasteiger partial charge on any atom is 0.417 e. The van der Waals surface area contributed by atoms with Gasteiger partial charge in [-0.25, -0.2) is 0 Å². The number of hydrogen-bond donors (Lipinski definition) is 1. The summed E-state index contributed by atoms with van der Waals surface area (Å²) < 4.78 is 45.5. The van der Waals surface area contributed by atoms with Gasteiger partial charge in [0.25, 0.3) is 0 Å². The Kier molecular flexibility index (Phi) is 6.35. The van der Waals surface area contributed by atoms with Crippen molar-refractivity contribution in [3.05, 3.63) is 52.7 Å². The first-order chi connectivity index (χ1) is 13.6. The number of aliphatic hydroxyl groups is 1. The predicted molar refractivity (Wildman–Crippen MR) is 102 cm³/mol. The number of halogens is 4. The summed E-state index contributed by atoms with van der Waals surface area (Å²) >= 11 is 6.89. The van der Waals surface area contributed by atoms with E-state index in [2.05, 4.69) is 10.2 Å². The van der Waals surface area contributed by atoms with Gasteiger partial charge in [-0.2, -0.15) is 13.2 Å². The fraction of sp³-hybridized carbons (Fsp3) is 0.278. The number of hydrogen-bond acceptors (Lipinski definition) is 6. The summed E-state index contributed by atoms with van der Waals surface area (Å²) in [5, 5.41) is 17.7. The SMILES string of the molecule is CC(=O)c1ccc(OC[C@@H](O)CSc2nnc3c(Cl)cc(C(F)(F)F)cn23)cc1. The van der Waals surface area contributed by atoms with Crippen LogP contribution >= 0.6 is 23.4 Å². The largest absolute Gasteiger partial charge is 0.491 e. The molecule has 1 aromatic carbocycles. The van der Waals surface area contributed by atoms with Crippen LogP contribution in [-0.4, -0.2) is 44.0 Å².